The number of carbonyl (C=O) groups excluding carboxylic acids is 1. The third kappa shape index (κ3) is 3.25. The van der Waals surface area contributed by atoms with Crippen LogP contribution in [0.1, 0.15) is 20.3 Å². The van der Waals surface area contributed by atoms with E-state index in [-0.39, 0.29) is 5.91 Å². The van der Waals surface area contributed by atoms with Crippen molar-refractivity contribution in [1.29, 1.82) is 0 Å². The maximum Gasteiger partial charge on any atom is 0.261 e. The Hall–Kier alpha value is -2.03. The van der Waals surface area contributed by atoms with Crippen molar-refractivity contribution in [2.75, 3.05) is 6.54 Å². The normalized spacial score (nSPS) is 12.1. The van der Waals surface area contributed by atoms with Crippen LogP contribution in [0.5, 0.6) is 5.75 Å². The zero-order valence-corrected chi connectivity index (χ0v) is 11.3. The number of hydrogen-bond donors (Lipinski definition) is 1. The molecule has 2 rings (SSSR count). The van der Waals surface area contributed by atoms with Gasteiger partial charge in [0.2, 0.25) is 0 Å². The van der Waals surface area contributed by atoms with Crippen molar-refractivity contribution < 1.29 is 9.53 Å². The molecule has 1 amide bonds. The van der Waals surface area contributed by atoms with Gasteiger partial charge in [0.25, 0.3) is 5.91 Å². The molecule has 1 atom stereocenters. The first-order valence-corrected chi connectivity index (χ1v) is 6.67. The van der Waals surface area contributed by atoms with E-state index >= 15 is 0 Å². The molecule has 0 spiro atoms. The zero-order valence-electron chi connectivity index (χ0n) is 11.3. The Kier molecular flexibility index (Phi) is 4.39. The lowest BCUT2D eigenvalue weighted by Crippen LogP contribution is -2.37. The number of likely N-dealkylation sites (N-methyl/N-ethyl adjacent to an activating group) is 1. The summed E-state index contributed by atoms with van der Waals surface area (Å²) in [5, 5.41) is 5.07. The molecule has 0 heterocycles. The van der Waals surface area contributed by atoms with Gasteiger partial charge < -0.3 is 10.1 Å². The van der Waals surface area contributed by atoms with Crippen LogP contribution in [0.25, 0.3) is 10.8 Å². The number of carbonyl (C=O) groups is 1. The molecule has 0 aliphatic heterocycles. The smallest absolute Gasteiger partial charge is 0.261 e. The van der Waals surface area contributed by atoms with E-state index in [1.54, 1.807) is 0 Å². The lowest BCUT2D eigenvalue weighted by Gasteiger charge is -2.17. The van der Waals surface area contributed by atoms with Crippen LogP contribution in [0.3, 0.4) is 0 Å². The molecule has 0 fully saturated rings. The molecule has 2 aromatic rings. The van der Waals surface area contributed by atoms with E-state index in [1.165, 1.54) is 5.39 Å². The van der Waals surface area contributed by atoms with Crippen LogP contribution in [0.15, 0.2) is 42.5 Å². The molecule has 0 aliphatic rings. The Morgan fingerprint density at radius 2 is 1.89 bits per heavy atom. The first kappa shape index (κ1) is 13.4. The average Bonchev–Trinajstić information content (AvgIpc) is 2.44. The predicted octanol–water partition coefficient (Wildman–Crippen LogP) is 3.13. The first-order chi connectivity index (χ1) is 9.24. The number of fused-ring (bicyclic) bond motifs is 1. The van der Waals surface area contributed by atoms with Gasteiger partial charge >= 0.3 is 0 Å². The second kappa shape index (κ2) is 6.23. The van der Waals surface area contributed by atoms with Gasteiger partial charge in [0.1, 0.15) is 5.75 Å². The van der Waals surface area contributed by atoms with Crippen LogP contribution in [0, 0.1) is 0 Å². The maximum absolute atomic E-state index is 11.8. The van der Waals surface area contributed by atoms with E-state index in [1.807, 2.05) is 50.2 Å². The number of amides is 1. The van der Waals surface area contributed by atoms with E-state index < -0.39 is 6.10 Å². The zero-order chi connectivity index (χ0) is 13.7. The summed E-state index contributed by atoms with van der Waals surface area (Å²) in [6.45, 7) is 4.47. The first-order valence-electron chi connectivity index (χ1n) is 6.67. The van der Waals surface area contributed by atoms with Crippen LogP contribution in [-0.2, 0) is 4.79 Å². The predicted molar refractivity (Wildman–Crippen MR) is 77.3 cm³/mol. The fourth-order valence-corrected chi connectivity index (χ4v) is 2.02. The standard InChI is InChI=1S/C16H19NO2/c1-3-15(16(18)17-4-2)19-14-10-9-12-7-5-6-8-13(12)11-14/h5-11,15H,3-4H2,1-2H3,(H,17,18)/t15-/m0/s1. The molecule has 3 nitrogen and oxygen atoms in total. The highest BCUT2D eigenvalue weighted by atomic mass is 16.5. The molecule has 100 valence electrons. The molecule has 1 N–H and O–H groups in total. The Labute approximate surface area is 113 Å². The van der Waals surface area contributed by atoms with Gasteiger partial charge in [0.15, 0.2) is 6.10 Å². The van der Waals surface area contributed by atoms with Gasteiger partial charge in [-0.05, 0) is 36.2 Å². The fourth-order valence-electron chi connectivity index (χ4n) is 2.02. The molecule has 3 heteroatoms. The van der Waals surface area contributed by atoms with E-state index in [0.29, 0.717) is 13.0 Å². The Morgan fingerprint density at radius 1 is 1.16 bits per heavy atom. The average molecular weight is 257 g/mol. The molecule has 0 saturated carbocycles. The quantitative estimate of drug-likeness (QED) is 0.893. The molecule has 0 radical (unpaired) electrons. The van der Waals surface area contributed by atoms with Crippen molar-refractivity contribution in [2.24, 2.45) is 0 Å². The highest BCUT2D eigenvalue weighted by molar-refractivity contribution is 5.84. The fraction of sp³-hybridized carbons (Fsp3) is 0.312. The number of benzene rings is 2. The van der Waals surface area contributed by atoms with Crippen molar-refractivity contribution in [1.82, 2.24) is 5.32 Å². The number of rotatable bonds is 5. The molecular weight excluding hydrogens is 238 g/mol. The SMILES string of the molecule is CCNC(=O)[C@H](CC)Oc1ccc2ccccc2c1. The van der Waals surface area contributed by atoms with Gasteiger partial charge in [-0.2, -0.15) is 0 Å². The van der Waals surface area contributed by atoms with Crippen molar-refractivity contribution in [3.05, 3.63) is 42.5 Å². The van der Waals surface area contributed by atoms with Crippen LogP contribution < -0.4 is 10.1 Å². The third-order valence-corrected chi connectivity index (χ3v) is 3.01. The minimum Gasteiger partial charge on any atom is -0.481 e. The second-order valence-corrected chi connectivity index (χ2v) is 4.42. The van der Waals surface area contributed by atoms with Crippen LogP contribution in [0.2, 0.25) is 0 Å². The summed E-state index contributed by atoms with van der Waals surface area (Å²) in [5.41, 5.74) is 0. The van der Waals surface area contributed by atoms with E-state index in [2.05, 4.69) is 11.4 Å². The van der Waals surface area contributed by atoms with Gasteiger partial charge in [-0.3, -0.25) is 4.79 Å². The Balaban J connectivity index is 2.17. The summed E-state index contributed by atoms with van der Waals surface area (Å²) < 4.78 is 5.77. The third-order valence-electron chi connectivity index (χ3n) is 3.01. The molecule has 0 aliphatic carbocycles. The van der Waals surface area contributed by atoms with Crippen molar-refractivity contribution in [3.8, 4) is 5.75 Å². The minimum absolute atomic E-state index is 0.0573. The van der Waals surface area contributed by atoms with Gasteiger partial charge in [0.05, 0.1) is 0 Å². The molecule has 19 heavy (non-hydrogen) atoms. The van der Waals surface area contributed by atoms with E-state index in [4.69, 9.17) is 4.74 Å². The maximum atomic E-state index is 11.8. The second-order valence-electron chi connectivity index (χ2n) is 4.42. The highest BCUT2D eigenvalue weighted by Gasteiger charge is 2.17. The molecule has 0 bridgehead atoms. The summed E-state index contributed by atoms with van der Waals surface area (Å²) in [7, 11) is 0. The molecular formula is C16H19NO2. The lowest BCUT2D eigenvalue weighted by atomic mass is 10.1. The van der Waals surface area contributed by atoms with Crippen LogP contribution in [-0.4, -0.2) is 18.6 Å². The molecule has 0 unspecified atom stereocenters. The number of hydrogen-bond acceptors (Lipinski definition) is 2. The van der Waals surface area contributed by atoms with Gasteiger partial charge in [-0.25, -0.2) is 0 Å². The van der Waals surface area contributed by atoms with Gasteiger partial charge in [-0.1, -0.05) is 37.3 Å². The molecule has 2 aromatic carbocycles. The van der Waals surface area contributed by atoms with Crippen molar-refractivity contribution >= 4 is 16.7 Å². The highest BCUT2D eigenvalue weighted by Crippen LogP contribution is 2.21. The Morgan fingerprint density at radius 3 is 2.58 bits per heavy atom. The minimum atomic E-state index is -0.430. The molecule has 0 saturated heterocycles. The monoisotopic (exact) mass is 257 g/mol. The van der Waals surface area contributed by atoms with Crippen LogP contribution in [0.4, 0.5) is 0 Å². The summed E-state index contributed by atoms with van der Waals surface area (Å²) >= 11 is 0. The summed E-state index contributed by atoms with van der Waals surface area (Å²) in [4.78, 5) is 11.8. The number of nitrogens with one attached hydrogen (secondary N) is 1. The summed E-state index contributed by atoms with van der Waals surface area (Å²) in [5.74, 6) is 0.676. The summed E-state index contributed by atoms with van der Waals surface area (Å²) in [6, 6.07) is 14.0. The summed E-state index contributed by atoms with van der Waals surface area (Å²) in [6.07, 6.45) is 0.222. The van der Waals surface area contributed by atoms with E-state index in [9.17, 15) is 4.79 Å². The number of ether oxygens (including phenoxy) is 1. The Bertz CT molecular complexity index is 565. The van der Waals surface area contributed by atoms with Crippen LogP contribution >= 0.6 is 0 Å². The topological polar surface area (TPSA) is 38.3 Å². The van der Waals surface area contributed by atoms with Crippen molar-refractivity contribution in [3.63, 3.8) is 0 Å². The van der Waals surface area contributed by atoms with E-state index in [0.717, 1.165) is 11.1 Å². The van der Waals surface area contributed by atoms with Gasteiger partial charge in [0, 0.05) is 6.54 Å². The van der Waals surface area contributed by atoms with Gasteiger partial charge in [-0.15, -0.1) is 0 Å². The lowest BCUT2D eigenvalue weighted by molar-refractivity contribution is -0.128. The largest absolute Gasteiger partial charge is 0.481 e. The molecule has 0 aromatic heterocycles. The van der Waals surface area contributed by atoms with Crippen molar-refractivity contribution in [2.45, 2.75) is 26.4 Å².